The summed E-state index contributed by atoms with van der Waals surface area (Å²) >= 11 is 6.09. The number of aliphatic hydroxyl groups is 1. The van der Waals surface area contributed by atoms with Gasteiger partial charge in [-0.25, -0.2) is 29.6 Å². The van der Waals surface area contributed by atoms with Crippen molar-refractivity contribution in [3.05, 3.63) is 0 Å². The zero-order valence-electron chi connectivity index (χ0n) is 20.4. The number of carbonyl (C=O) groups excluding carboxylic acids is 1. The number of alkyl halides is 6. The van der Waals surface area contributed by atoms with Gasteiger partial charge in [-0.15, -0.1) is 11.6 Å². The highest BCUT2D eigenvalue weighted by Gasteiger charge is 2.52. The van der Waals surface area contributed by atoms with Gasteiger partial charge in [0.1, 0.15) is 24.6 Å². The summed E-state index contributed by atoms with van der Waals surface area (Å²) in [5.41, 5.74) is 8.36. The van der Waals surface area contributed by atoms with Crippen LogP contribution in [0, 0.1) is 11.8 Å². The van der Waals surface area contributed by atoms with E-state index in [1.807, 2.05) is 0 Å². The molecule has 2 aliphatic heterocycles. The van der Waals surface area contributed by atoms with Gasteiger partial charge in [0, 0.05) is 32.1 Å². The molecule has 6 N–H and O–H groups in total. The Morgan fingerprint density at radius 1 is 1.08 bits per heavy atom. The molecule has 4 aliphatic rings. The first-order chi connectivity index (χ1) is 17.4. The van der Waals surface area contributed by atoms with E-state index in [9.17, 15) is 31.9 Å². The molecule has 2 aliphatic carbocycles. The first-order valence-electron chi connectivity index (χ1n) is 12.7. The number of rotatable bonds is 4. The van der Waals surface area contributed by atoms with E-state index in [-0.39, 0.29) is 49.8 Å². The molecule has 1 amide bonds. The van der Waals surface area contributed by atoms with E-state index in [0.717, 1.165) is 0 Å². The Morgan fingerprint density at radius 2 is 1.84 bits per heavy atom. The van der Waals surface area contributed by atoms with Crippen molar-refractivity contribution in [2.45, 2.75) is 99.2 Å². The van der Waals surface area contributed by atoms with E-state index in [1.165, 1.54) is 12.1 Å². The average molecular weight is 560 g/mol. The van der Waals surface area contributed by atoms with Gasteiger partial charge in [0.05, 0.1) is 17.4 Å². The summed E-state index contributed by atoms with van der Waals surface area (Å²) in [5, 5.41) is 15.7. The molecule has 4 rings (SSSR count). The highest BCUT2D eigenvalue weighted by molar-refractivity contribution is 6.21. The fourth-order valence-electron chi connectivity index (χ4n) is 5.64. The highest BCUT2D eigenvalue weighted by Crippen LogP contribution is 2.33. The predicted molar refractivity (Wildman–Crippen MR) is 127 cm³/mol. The molecule has 0 aromatic rings. The van der Waals surface area contributed by atoms with E-state index in [4.69, 9.17) is 11.6 Å². The molecule has 9 nitrogen and oxygen atoms in total. The van der Waals surface area contributed by atoms with Crippen molar-refractivity contribution in [3.8, 4) is 0 Å². The van der Waals surface area contributed by atoms with Gasteiger partial charge < -0.3 is 10.4 Å². The third kappa shape index (κ3) is 7.21. The minimum absolute atomic E-state index is 0.0194. The Kier molecular flexibility index (Phi) is 9.17. The summed E-state index contributed by atoms with van der Waals surface area (Å²) in [6, 6.07) is -2.50. The van der Waals surface area contributed by atoms with Crippen molar-refractivity contribution >= 4 is 23.5 Å². The second-order valence-electron chi connectivity index (χ2n) is 10.6. The van der Waals surface area contributed by atoms with Gasteiger partial charge in [-0.2, -0.15) is 13.2 Å². The molecule has 0 aromatic carbocycles. The van der Waals surface area contributed by atoms with Crippen LogP contribution < -0.4 is 26.9 Å². The summed E-state index contributed by atoms with van der Waals surface area (Å²) in [4.78, 5) is 17.5. The minimum atomic E-state index is -4.63. The van der Waals surface area contributed by atoms with Crippen molar-refractivity contribution in [1.82, 2.24) is 31.9 Å². The molecule has 2 saturated carbocycles. The zero-order valence-corrected chi connectivity index (χ0v) is 21.2. The summed E-state index contributed by atoms with van der Waals surface area (Å²) in [6.07, 6.45) is -6.04. The Morgan fingerprint density at radius 3 is 2.51 bits per heavy atom. The molecule has 0 aromatic heterocycles. The Hall–Kier alpha value is -1.32. The van der Waals surface area contributed by atoms with E-state index >= 15 is 0 Å². The third-order valence-corrected chi connectivity index (χ3v) is 8.19. The molecular weight excluding hydrogens is 525 g/mol. The highest BCUT2D eigenvalue weighted by atomic mass is 35.5. The Bertz CT molecular complexity index is 840. The maximum atomic E-state index is 14.0. The van der Waals surface area contributed by atoms with Gasteiger partial charge in [-0.05, 0) is 44.4 Å². The number of halogens is 6. The van der Waals surface area contributed by atoms with Crippen molar-refractivity contribution in [2.24, 2.45) is 16.8 Å². The lowest BCUT2D eigenvalue weighted by atomic mass is 9.81. The largest absolute Gasteiger partial charge is 0.405 e. The fourth-order valence-corrected chi connectivity index (χ4v) is 5.98. The number of hydrazine groups is 2. The second-order valence-corrected chi connectivity index (χ2v) is 11.2. The number of hydrogen-bond acceptors (Lipinski definition) is 7. The molecule has 37 heavy (non-hydrogen) atoms. The van der Waals surface area contributed by atoms with Gasteiger partial charge in [-0.1, -0.05) is 0 Å². The van der Waals surface area contributed by atoms with Crippen LogP contribution in [0.3, 0.4) is 0 Å². The van der Waals surface area contributed by atoms with Gasteiger partial charge in [-0.3, -0.25) is 15.5 Å². The van der Waals surface area contributed by atoms with Crippen molar-refractivity contribution in [3.63, 3.8) is 0 Å². The van der Waals surface area contributed by atoms with E-state index in [1.54, 1.807) is 0 Å². The number of amides is 1. The number of hydrogen-bond donors (Lipinski definition) is 6. The normalized spacial score (nSPS) is 42.1. The summed E-state index contributed by atoms with van der Waals surface area (Å²) in [7, 11) is 1.43. The quantitative estimate of drug-likeness (QED) is 0.133. The predicted octanol–water partition coefficient (Wildman–Crippen LogP) is 1.24. The summed E-state index contributed by atoms with van der Waals surface area (Å²) in [5.74, 6) is -2.30. The maximum Gasteiger partial charge on any atom is 0.405 e. The van der Waals surface area contributed by atoms with Crippen LogP contribution in [0.5, 0.6) is 0 Å². The number of aliphatic imine (C=N–C) groups is 1. The lowest BCUT2D eigenvalue weighted by Gasteiger charge is -2.32. The molecule has 10 atom stereocenters. The molecule has 0 radical (unpaired) electrons. The van der Waals surface area contributed by atoms with Crippen molar-refractivity contribution in [2.75, 3.05) is 13.6 Å². The zero-order chi connectivity index (χ0) is 26.9. The van der Waals surface area contributed by atoms with Crippen LogP contribution in [0.1, 0.15) is 44.9 Å². The first-order valence-corrected chi connectivity index (χ1v) is 13.1. The molecule has 0 bridgehead atoms. The first kappa shape index (κ1) is 28.7. The van der Waals surface area contributed by atoms with Crippen molar-refractivity contribution < 1.29 is 31.9 Å². The van der Waals surface area contributed by atoms with Crippen LogP contribution in [0.4, 0.5) is 22.0 Å². The smallest absolute Gasteiger partial charge is 0.390 e. The Balaban J connectivity index is 1.45. The average Bonchev–Trinajstić information content (AvgIpc) is 3.45. The maximum absolute atomic E-state index is 14.0. The molecule has 212 valence electrons. The number of guanidine groups is 1. The van der Waals surface area contributed by atoms with Gasteiger partial charge in [0.15, 0.2) is 5.96 Å². The molecular formula is C22H35ClF5N7O2. The summed E-state index contributed by atoms with van der Waals surface area (Å²) < 4.78 is 68.4. The summed E-state index contributed by atoms with van der Waals surface area (Å²) in [6.45, 7) is -0.150. The molecule has 10 unspecified atom stereocenters. The number of nitrogens with one attached hydrogen (secondary N) is 5. The molecule has 15 heteroatoms. The van der Waals surface area contributed by atoms with Crippen molar-refractivity contribution in [1.29, 1.82) is 0 Å². The Labute approximate surface area is 217 Å². The monoisotopic (exact) mass is 559 g/mol. The van der Waals surface area contributed by atoms with Crippen LogP contribution in [-0.2, 0) is 4.79 Å². The molecule has 2 heterocycles. The van der Waals surface area contributed by atoms with E-state index in [2.05, 4.69) is 31.9 Å². The lowest BCUT2D eigenvalue weighted by Crippen LogP contribution is -2.54. The topological polar surface area (TPSA) is 113 Å². The van der Waals surface area contributed by atoms with Crippen LogP contribution in [0.25, 0.3) is 0 Å². The lowest BCUT2D eigenvalue weighted by molar-refractivity contribution is -0.168. The molecule has 2 saturated heterocycles. The van der Waals surface area contributed by atoms with Crippen LogP contribution in [-0.4, -0.2) is 89.9 Å². The van der Waals surface area contributed by atoms with Gasteiger partial charge in [0.2, 0.25) is 5.91 Å². The minimum Gasteiger partial charge on any atom is -0.390 e. The SMILES string of the molecule is CN1CC(C(=O)N/C(=N\C2CC(C3CCC(O)C(F)C3)NN2)NC2CCC(F)C(Cl)C2)C(C(F)(F)F)N1. The van der Waals surface area contributed by atoms with Gasteiger partial charge >= 0.3 is 6.18 Å². The van der Waals surface area contributed by atoms with Crippen LogP contribution in [0.15, 0.2) is 4.99 Å². The fraction of sp³-hybridized carbons (Fsp3) is 0.909. The molecule has 4 fully saturated rings. The van der Waals surface area contributed by atoms with Crippen LogP contribution >= 0.6 is 11.6 Å². The van der Waals surface area contributed by atoms with E-state index in [0.29, 0.717) is 25.7 Å². The van der Waals surface area contributed by atoms with Gasteiger partial charge in [0.25, 0.3) is 0 Å². The van der Waals surface area contributed by atoms with E-state index < -0.39 is 54.0 Å². The molecule has 0 spiro atoms. The number of aliphatic hydroxyl groups excluding tert-OH is 1. The van der Waals surface area contributed by atoms with Crippen LogP contribution in [0.2, 0.25) is 0 Å². The second kappa shape index (κ2) is 11.8. The number of nitrogens with zero attached hydrogens (tertiary/aromatic N) is 2. The standard InChI is InChI=1S/C22H35ClF5N7O2/c1-35-9-12(19(34-35)22(26,27)28)20(37)31-21(29-11-3-4-14(24)13(23)7-11)30-18-8-16(32-33-18)10-2-5-17(36)15(25)6-10/h10-19,32-34,36H,2-9H2,1H3,(H2,29,30,31,37). The third-order valence-electron chi connectivity index (χ3n) is 7.74. The number of carbonyl (C=O) groups is 1.